The fourth-order valence-corrected chi connectivity index (χ4v) is 9.44. The van der Waals surface area contributed by atoms with Gasteiger partial charge >= 0.3 is 0 Å². The zero-order chi connectivity index (χ0) is 23.3. The zero-order valence-corrected chi connectivity index (χ0v) is 22.8. The van der Waals surface area contributed by atoms with Crippen molar-refractivity contribution in [1.29, 1.82) is 0 Å². The van der Waals surface area contributed by atoms with Crippen molar-refractivity contribution in [3.8, 4) is 0 Å². The van der Waals surface area contributed by atoms with Crippen molar-refractivity contribution in [2.75, 3.05) is 0 Å². The van der Waals surface area contributed by atoms with Gasteiger partial charge < -0.3 is 0 Å². The molecule has 0 heteroatoms. The highest BCUT2D eigenvalue weighted by Crippen LogP contribution is 2.67. The summed E-state index contributed by atoms with van der Waals surface area (Å²) in [5.41, 5.74) is 2.96. The number of fused-ring (bicyclic) bond motifs is 5. The zero-order valence-electron chi connectivity index (χ0n) is 22.8. The van der Waals surface area contributed by atoms with Crippen LogP contribution in [0.25, 0.3) is 0 Å². The first-order valence-corrected chi connectivity index (χ1v) is 14.5. The van der Waals surface area contributed by atoms with Gasteiger partial charge in [-0.25, -0.2) is 0 Å². The molecule has 0 N–H and O–H groups in total. The molecule has 4 rings (SSSR count). The van der Waals surface area contributed by atoms with Gasteiger partial charge in [-0.3, -0.25) is 0 Å². The lowest BCUT2D eigenvalue weighted by Crippen LogP contribution is -2.50. The number of hydrogen-bond donors (Lipinski definition) is 0. The van der Waals surface area contributed by atoms with Gasteiger partial charge in [0.05, 0.1) is 0 Å². The Morgan fingerprint density at radius 1 is 0.938 bits per heavy atom. The number of hydrogen-bond acceptors (Lipinski definition) is 0. The van der Waals surface area contributed by atoms with Crippen molar-refractivity contribution in [3.05, 3.63) is 23.8 Å². The molecule has 0 aromatic carbocycles. The predicted molar refractivity (Wildman–Crippen MR) is 140 cm³/mol. The Balaban J connectivity index is 1.51. The Bertz CT molecular complexity index is 710. The fraction of sp³-hybridized carbons (Fsp3) is 0.875. The summed E-state index contributed by atoms with van der Waals surface area (Å²) in [6.07, 6.45) is 20.9. The first-order valence-electron chi connectivity index (χ1n) is 14.5. The summed E-state index contributed by atoms with van der Waals surface area (Å²) in [7, 11) is 0. The minimum absolute atomic E-state index is 0.519. The molecule has 3 fully saturated rings. The van der Waals surface area contributed by atoms with Gasteiger partial charge in [0.25, 0.3) is 0 Å². The Hall–Kier alpha value is -0.520. The van der Waals surface area contributed by atoms with Crippen LogP contribution in [0.5, 0.6) is 0 Å². The molecule has 0 nitrogen and oxygen atoms in total. The van der Waals surface area contributed by atoms with Gasteiger partial charge in [-0.15, -0.1) is 0 Å². The summed E-state index contributed by atoms with van der Waals surface area (Å²) in [5, 5.41) is 0. The van der Waals surface area contributed by atoms with E-state index >= 15 is 0 Å². The summed E-state index contributed by atoms with van der Waals surface area (Å²) in [6.45, 7) is 20.0. The van der Waals surface area contributed by atoms with Gasteiger partial charge in [0.2, 0.25) is 0 Å². The Kier molecular flexibility index (Phi) is 7.12. The standard InChI is InChI=1S/C32H54/c1-9-24(21(2)3)11-10-23(6)28-14-15-29-27-13-12-26-20-25(22(4)5)16-18-31(26,7)30(27)17-19-32(28,29)8/h10-12,21-25,27-30H,9,13-20H2,1-8H3/b11-10+. The number of rotatable bonds is 6. The lowest BCUT2D eigenvalue weighted by Gasteiger charge is -2.58. The summed E-state index contributed by atoms with van der Waals surface area (Å²) < 4.78 is 0. The predicted octanol–water partition coefficient (Wildman–Crippen LogP) is 9.71. The molecule has 0 saturated heterocycles. The van der Waals surface area contributed by atoms with Crippen LogP contribution >= 0.6 is 0 Å². The highest BCUT2D eigenvalue weighted by molar-refractivity contribution is 5.25. The fourth-order valence-electron chi connectivity index (χ4n) is 9.44. The van der Waals surface area contributed by atoms with E-state index in [9.17, 15) is 0 Å². The highest BCUT2D eigenvalue weighted by Gasteiger charge is 2.59. The molecule has 0 aromatic rings. The second-order valence-corrected chi connectivity index (χ2v) is 13.8. The second kappa shape index (κ2) is 9.26. The molecule has 0 aliphatic heterocycles. The molecule has 0 aromatic heterocycles. The maximum absolute atomic E-state index is 2.77. The average Bonchev–Trinajstić information content (AvgIpc) is 3.10. The summed E-state index contributed by atoms with van der Waals surface area (Å²) in [5.74, 6) is 7.81. The molecule has 9 atom stereocenters. The Labute approximate surface area is 201 Å². The van der Waals surface area contributed by atoms with Crippen LogP contribution in [0.3, 0.4) is 0 Å². The third kappa shape index (κ3) is 4.09. The van der Waals surface area contributed by atoms with Crippen molar-refractivity contribution in [1.82, 2.24) is 0 Å². The SMILES string of the molecule is CCC(/C=C/C(C)C1CCC2C3CC=C4CC(C(C)C)CCC4(C)C3CCC12C)C(C)C. The van der Waals surface area contributed by atoms with E-state index in [4.69, 9.17) is 0 Å². The number of allylic oxidation sites excluding steroid dienone is 4. The lowest BCUT2D eigenvalue weighted by atomic mass is 9.46. The van der Waals surface area contributed by atoms with Crippen LogP contribution in [-0.4, -0.2) is 0 Å². The average molecular weight is 439 g/mol. The van der Waals surface area contributed by atoms with Crippen LogP contribution in [0.4, 0.5) is 0 Å². The van der Waals surface area contributed by atoms with Crippen LogP contribution in [0.1, 0.15) is 113 Å². The topological polar surface area (TPSA) is 0 Å². The van der Waals surface area contributed by atoms with Gasteiger partial charge in [-0.05, 0) is 122 Å². The van der Waals surface area contributed by atoms with Crippen LogP contribution < -0.4 is 0 Å². The third-order valence-corrected chi connectivity index (χ3v) is 11.8. The molecule has 182 valence electrons. The normalized spacial score (nSPS) is 43.7. The van der Waals surface area contributed by atoms with Crippen LogP contribution in [-0.2, 0) is 0 Å². The van der Waals surface area contributed by atoms with E-state index in [-0.39, 0.29) is 0 Å². The largest absolute Gasteiger partial charge is 0.0851 e. The van der Waals surface area contributed by atoms with E-state index in [1.54, 1.807) is 0 Å². The van der Waals surface area contributed by atoms with Gasteiger partial charge in [-0.2, -0.15) is 0 Å². The van der Waals surface area contributed by atoms with Crippen molar-refractivity contribution < 1.29 is 0 Å². The lowest BCUT2D eigenvalue weighted by molar-refractivity contribution is -0.0503. The summed E-state index contributed by atoms with van der Waals surface area (Å²) in [6, 6.07) is 0. The van der Waals surface area contributed by atoms with Crippen LogP contribution in [0.2, 0.25) is 0 Å². The van der Waals surface area contributed by atoms with Gasteiger partial charge in [0.15, 0.2) is 0 Å². The Morgan fingerprint density at radius 3 is 2.34 bits per heavy atom. The van der Waals surface area contributed by atoms with E-state index < -0.39 is 0 Å². The van der Waals surface area contributed by atoms with E-state index in [2.05, 4.69) is 73.6 Å². The van der Waals surface area contributed by atoms with E-state index in [0.29, 0.717) is 10.8 Å². The maximum Gasteiger partial charge on any atom is -0.00851 e. The van der Waals surface area contributed by atoms with E-state index in [0.717, 1.165) is 53.3 Å². The van der Waals surface area contributed by atoms with Gasteiger partial charge in [0.1, 0.15) is 0 Å². The molecule has 32 heavy (non-hydrogen) atoms. The summed E-state index contributed by atoms with van der Waals surface area (Å²) in [4.78, 5) is 0. The van der Waals surface area contributed by atoms with Gasteiger partial charge in [-0.1, -0.05) is 79.2 Å². The van der Waals surface area contributed by atoms with Crippen molar-refractivity contribution >= 4 is 0 Å². The molecule has 0 radical (unpaired) electrons. The molecular weight excluding hydrogens is 384 g/mol. The molecule has 0 bridgehead atoms. The van der Waals surface area contributed by atoms with E-state index in [1.165, 1.54) is 57.8 Å². The summed E-state index contributed by atoms with van der Waals surface area (Å²) >= 11 is 0. The molecular formula is C32H54. The van der Waals surface area contributed by atoms with Crippen molar-refractivity contribution in [2.45, 2.75) is 113 Å². The van der Waals surface area contributed by atoms with Crippen LogP contribution in [0.15, 0.2) is 23.8 Å². The van der Waals surface area contributed by atoms with Gasteiger partial charge in [0, 0.05) is 0 Å². The Morgan fingerprint density at radius 2 is 1.69 bits per heavy atom. The van der Waals surface area contributed by atoms with Crippen molar-refractivity contribution in [2.24, 2.45) is 64.1 Å². The third-order valence-electron chi connectivity index (χ3n) is 11.8. The smallest absolute Gasteiger partial charge is 0.00851 e. The minimum atomic E-state index is 0.519. The first kappa shape index (κ1) is 24.6. The maximum atomic E-state index is 2.77. The quantitative estimate of drug-likeness (QED) is 0.362. The van der Waals surface area contributed by atoms with E-state index in [1.807, 2.05) is 5.57 Å². The van der Waals surface area contributed by atoms with Crippen LogP contribution in [0, 0.1) is 64.1 Å². The molecule has 0 spiro atoms. The monoisotopic (exact) mass is 438 g/mol. The molecule has 9 unspecified atom stereocenters. The first-order chi connectivity index (χ1) is 15.1. The molecule has 4 aliphatic rings. The molecule has 0 heterocycles. The van der Waals surface area contributed by atoms with Crippen molar-refractivity contribution in [3.63, 3.8) is 0 Å². The highest BCUT2D eigenvalue weighted by atomic mass is 14.6. The molecule has 4 aliphatic carbocycles. The molecule has 0 amide bonds. The molecule has 3 saturated carbocycles. The second-order valence-electron chi connectivity index (χ2n) is 13.8. The minimum Gasteiger partial charge on any atom is -0.0851 e.